The van der Waals surface area contributed by atoms with Gasteiger partial charge in [0.1, 0.15) is 11.6 Å². The fraction of sp³-hybridized carbons (Fsp3) is 0.538. The highest BCUT2D eigenvalue weighted by Crippen LogP contribution is 2.74. The van der Waals surface area contributed by atoms with Crippen LogP contribution >= 0.6 is 10.7 Å². The minimum atomic E-state index is -3.50. The highest BCUT2D eigenvalue weighted by molar-refractivity contribution is 8.13. The monoisotopic (exact) mass is 306 g/mol. The average molecular weight is 307 g/mol. The molecule has 6 heteroatoms. The Hall–Kier alpha value is -0.680. The minimum Gasteiger partial charge on any atom is -0.212 e. The Kier molecular flexibility index (Phi) is 2.74. The largest absolute Gasteiger partial charge is 0.233 e. The molecular formula is C13H13ClF2O2S. The first kappa shape index (κ1) is 13.3. The van der Waals surface area contributed by atoms with E-state index in [2.05, 4.69) is 0 Å². The number of hydrogen-bond donors (Lipinski definition) is 0. The second kappa shape index (κ2) is 3.92. The number of hydrogen-bond acceptors (Lipinski definition) is 2. The predicted molar refractivity (Wildman–Crippen MR) is 68.4 cm³/mol. The van der Waals surface area contributed by atoms with Gasteiger partial charge in [0.05, 0.1) is 5.75 Å². The van der Waals surface area contributed by atoms with E-state index in [1.807, 2.05) is 0 Å². The van der Waals surface area contributed by atoms with E-state index in [1.54, 1.807) is 0 Å². The Bertz CT molecular complexity index is 602. The van der Waals surface area contributed by atoms with E-state index in [4.69, 9.17) is 10.7 Å². The van der Waals surface area contributed by atoms with E-state index in [0.717, 1.165) is 0 Å². The molecule has 0 spiro atoms. The Labute approximate surface area is 115 Å². The summed E-state index contributed by atoms with van der Waals surface area (Å²) in [5.41, 5.74) is -0.239. The molecule has 3 aliphatic rings. The first-order valence-corrected chi connectivity index (χ1v) is 8.56. The van der Waals surface area contributed by atoms with Crippen molar-refractivity contribution in [3.63, 3.8) is 0 Å². The molecule has 104 valence electrons. The number of rotatable bonds is 4. The Morgan fingerprint density at radius 2 is 1.63 bits per heavy atom. The second-order valence-electron chi connectivity index (χ2n) is 6.09. The van der Waals surface area contributed by atoms with Crippen molar-refractivity contribution in [3.05, 3.63) is 35.4 Å². The lowest BCUT2D eigenvalue weighted by Crippen LogP contribution is -2.64. The molecule has 0 N–H and O–H groups in total. The zero-order valence-corrected chi connectivity index (χ0v) is 11.7. The van der Waals surface area contributed by atoms with E-state index in [-0.39, 0.29) is 22.1 Å². The molecular weight excluding hydrogens is 294 g/mol. The molecule has 0 amide bonds. The molecule has 3 saturated carbocycles. The number of halogens is 3. The van der Waals surface area contributed by atoms with Gasteiger partial charge in [0.2, 0.25) is 9.05 Å². The molecule has 0 unspecified atom stereocenters. The summed E-state index contributed by atoms with van der Waals surface area (Å²) in [6, 6.07) is 3.85. The van der Waals surface area contributed by atoms with Crippen molar-refractivity contribution >= 4 is 19.7 Å². The van der Waals surface area contributed by atoms with Gasteiger partial charge in [-0.1, -0.05) is 6.07 Å². The SMILES string of the molecule is O=S(=O)(Cl)CC12CC(Cc3c(F)cccc3F)(C1)C2. The van der Waals surface area contributed by atoms with Gasteiger partial charge in [-0.05, 0) is 48.6 Å². The van der Waals surface area contributed by atoms with Crippen LogP contribution in [-0.4, -0.2) is 14.2 Å². The quantitative estimate of drug-likeness (QED) is 0.800. The lowest BCUT2D eigenvalue weighted by atomic mass is 9.34. The topological polar surface area (TPSA) is 34.1 Å². The molecule has 19 heavy (non-hydrogen) atoms. The number of benzene rings is 1. The van der Waals surface area contributed by atoms with Gasteiger partial charge in [-0.3, -0.25) is 0 Å². The molecule has 1 aromatic carbocycles. The van der Waals surface area contributed by atoms with Crippen LogP contribution in [-0.2, 0) is 15.5 Å². The van der Waals surface area contributed by atoms with Crippen molar-refractivity contribution in [2.75, 3.05) is 5.75 Å². The van der Waals surface area contributed by atoms with Crippen molar-refractivity contribution < 1.29 is 17.2 Å². The standard InChI is InChI=1S/C13H13ClF2O2S/c14-19(17,18)8-13-5-12(6-13,7-13)4-9-10(15)2-1-3-11(9)16/h1-3H,4-8H2. The third kappa shape index (κ3) is 2.27. The van der Waals surface area contributed by atoms with Crippen LogP contribution in [0.1, 0.15) is 24.8 Å². The van der Waals surface area contributed by atoms with Gasteiger partial charge >= 0.3 is 0 Å². The zero-order valence-electron chi connectivity index (χ0n) is 10.1. The fourth-order valence-electron chi connectivity index (χ4n) is 4.01. The molecule has 0 radical (unpaired) electrons. The molecule has 0 aromatic heterocycles. The summed E-state index contributed by atoms with van der Waals surface area (Å²) in [4.78, 5) is 0. The van der Waals surface area contributed by atoms with Gasteiger partial charge in [0.15, 0.2) is 0 Å². The van der Waals surface area contributed by atoms with Crippen molar-refractivity contribution in [2.24, 2.45) is 10.8 Å². The van der Waals surface area contributed by atoms with Crippen LogP contribution in [0, 0.1) is 22.5 Å². The maximum atomic E-state index is 13.6. The van der Waals surface area contributed by atoms with Gasteiger partial charge in [0, 0.05) is 16.2 Å². The van der Waals surface area contributed by atoms with Crippen LogP contribution in [0.2, 0.25) is 0 Å². The minimum absolute atomic E-state index is 0.0247. The smallest absolute Gasteiger partial charge is 0.212 e. The van der Waals surface area contributed by atoms with Crippen molar-refractivity contribution in [3.8, 4) is 0 Å². The van der Waals surface area contributed by atoms with E-state index in [0.29, 0.717) is 25.7 Å². The Morgan fingerprint density at radius 3 is 2.11 bits per heavy atom. The van der Waals surface area contributed by atoms with Gasteiger partial charge in [-0.2, -0.15) is 0 Å². The third-order valence-electron chi connectivity index (χ3n) is 4.34. The lowest BCUT2D eigenvalue weighted by Gasteiger charge is -2.71. The molecule has 0 aliphatic heterocycles. The van der Waals surface area contributed by atoms with E-state index in [1.165, 1.54) is 18.2 Å². The fourth-order valence-corrected chi connectivity index (χ4v) is 5.75. The molecule has 4 rings (SSSR count). The maximum Gasteiger partial charge on any atom is 0.233 e. The highest BCUT2D eigenvalue weighted by atomic mass is 35.7. The first-order chi connectivity index (χ1) is 8.73. The summed E-state index contributed by atoms with van der Waals surface area (Å²) in [6.07, 6.45) is 2.43. The first-order valence-electron chi connectivity index (χ1n) is 6.08. The van der Waals surface area contributed by atoms with E-state index < -0.39 is 20.7 Å². The van der Waals surface area contributed by atoms with E-state index in [9.17, 15) is 17.2 Å². The maximum absolute atomic E-state index is 13.6. The summed E-state index contributed by atoms with van der Waals surface area (Å²) >= 11 is 0. The second-order valence-corrected chi connectivity index (χ2v) is 8.87. The molecule has 3 aliphatic carbocycles. The lowest BCUT2D eigenvalue weighted by molar-refractivity contribution is -0.186. The molecule has 0 atom stereocenters. The van der Waals surface area contributed by atoms with Gasteiger partial charge in [0.25, 0.3) is 0 Å². The average Bonchev–Trinajstić information content (AvgIpc) is 2.16. The predicted octanol–water partition coefficient (Wildman–Crippen LogP) is 3.25. The summed E-state index contributed by atoms with van der Waals surface area (Å²) in [5, 5.41) is 0. The summed E-state index contributed by atoms with van der Waals surface area (Å²) < 4.78 is 49.3. The van der Waals surface area contributed by atoms with Crippen LogP contribution in [0.15, 0.2) is 18.2 Å². The van der Waals surface area contributed by atoms with Gasteiger partial charge in [-0.25, -0.2) is 17.2 Å². The summed E-state index contributed by atoms with van der Waals surface area (Å²) in [6.45, 7) is 0. The Balaban J connectivity index is 1.70. The Morgan fingerprint density at radius 1 is 1.11 bits per heavy atom. The molecule has 2 nitrogen and oxygen atoms in total. The molecule has 2 bridgehead atoms. The van der Waals surface area contributed by atoms with Crippen LogP contribution < -0.4 is 0 Å². The van der Waals surface area contributed by atoms with Crippen molar-refractivity contribution in [1.82, 2.24) is 0 Å². The van der Waals surface area contributed by atoms with Crippen LogP contribution in [0.25, 0.3) is 0 Å². The molecule has 1 aromatic rings. The molecule has 3 fully saturated rings. The molecule has 0 saturated heterocycles. The van der Waals surface area contributed by atoms with Crippen molar-refractivity contribution in [2.45, 2.75) is 25.7 Å². The summed E-state index contributed by atoms with van der Waals surface area (Å²) in [7, 11) is 1.77. The van der Waals surface area contributed by atoms with E-state index >= 15 is 0 Å². The van der Waals surface area contributed by atoms with Crippen LogP contribution in [0.3, 0.4) is 0 Å². The highest BCUT2D eigenvalue weighted by Gasteiger charge is 2.68. The summed E-state index contributed by atoms with van der Waals surface area (Å²) in [5.74, 6) is -1.07. The normalized spacial score (nSPS) is 32.6. The zero-order chi connectivity index (χ0) is 13.9. The van der Waals surface area contributed by atoms with Gasteiger partial charge in [-0.15, -0.1) is 0 Å². The van der Waals surface area contributed by atoms with Crippen LogP contribution in [0.4, 0.5) is 8.78 Å². The molecule has 0 heterocycles. The van der Waals surface area contributed by atoms with Crippen molar-refractivity contribution in [1.29, 1.82) is 0 Å². The van der Waals surface area contributed by atoms with Crippen LogP contribution in [0.5, 0.6) is 0 Å². The van der Waals surface area contributed by atoms with Gasteiger partial charge < -0.3 is 0 Å². The third-order valence-corrected chi connectivity index (χ3v) is 5.63.